The molecule has 2 aliphatic heterocycles. The summed E-state index contributed by atoms with van der Waals surface area (Å²) in [5.74, 6) is -1.47. The van der Waals surface area contributed by atoms with Crippen molar-refractivity contribution >= 4 is 56.9 Å². The fraction of sp³-hybridized carbons (Fsp3) is 0.444. The third-order valence-electron chi connectivity index (χ3n) is 6.50. The van der Waals surface area contributed by atoms with Gasteiger partial charge in [0.15, 0.2) is 0 Å². The molecule has 1 saturated heterocycles. The lowest BCUT2D eigenvalue weighted by molar-refractivity contribution is -0.143. The highest BCUT2D eigenvalue weighted by atomic mass is 35.5. The van der Waals surface area contributed by atoms with Gasteiger partial charge in [0.2, 0.25) is 5.91 Å². The van der Waals surface area contributed by atoms with E-state index in [2.05, 4.69) is 4.90 Å². The highest BCUT2D eigenvalue weighted by Gasteiger charge is 2.33. The van der Waals surface area contributed by atoms with Crippen LogP contribution in [0.5, 0.6) is 0 Å². The van der Waals surface area contributed by atoms with Crippen LogP contribution in [0.3, 0.4) is 0 Å². The van der Waals surface area contributed by atoms with E-state index in [-0.39, 0.29) is 42.1 Å². The third kappa shape index (κ3) is 8.35. The van der Waals surface area contributed by atoms with Crippen molar-refractivity contribution in [2.75, 3.05) is 55.9 Å². The number of hydrogen-bond acceptors (Lipinski definition) is 7. The van der Waals surface area contributed by atoms with Crippen LogP contribution in [0, 0.1) is 0 Å². The van der Waals surface area contributed by atoms with Crippen molar-refractivity contribution in [1.82, 2.24) is 14.7 Å². The highest BCUT2D eigenvalue weighted by molar-refractivity contribution is 8.03. The number of halogens is 1. The second-order valence-corrected chi connectivity index (χ2v) is 12.1. The molecule has 1 aromatic rings. The van der Waals surface area contributed by atoms with Crippen molar-refractivity contribution < 1.29 is 27.4 Å². The lowest BCUT2D eigenvalue weighted by Crippen LogP contribution is -2.52. The fourth-order valence-corrected chi connectivity index (χ4v) is 6.16. The minimum Gasteiger partial charge on any atom is -0.342 e. The molecule has 1 N–H and O–H groups in total. The summed E-state index contributed by atoms with van der Waals surface area (Å²) in [6.45, 7) is 6.25. The SMILES string of the molecule is CCN1CN(CC)C(=O)C(=C/C=C/C=C2\Sc3ccccc3N2CCCN(CCCS(=O)(=O)O)C(=O)CCl)C1=O. The van der Waals surface area contributed by atoms with Crippen LogP contribution in [0.1, 0.15) is 26.7 Å². The number of carbonyl (C=O) groups excluding carboxylic acids is 3. The van der Waals surface area contributed by atoms with Gasteiger partial charge in [-0.3, -0.25) is 18.9 Å². The van der Waals surface area contributed by atoms with Crippen molar-refractivity contribution in [2.45, 2.75) is 31.6 Å². The van der Waals surface area contributed by atoms with E-state index in [9.17, 15) is 22.8 Å². The molecule has 2 heterocycles. The number of rotatable bonds is 13. The molecular weight excluding hydrogens is 576 g/mol. The van der Waals surface area contributed by atoms with Gasteiger partial charge in [0.25, 0.3) is 21.9 Å². The minimum atomic E-state index is -4.10. The molecule has 0 atom stereocenters. The van der Waals surface area contributed by atoms with E-state index >= 15 is 0 Å². The van der Waals surface area contributed by atoms with Crippen LogP contribution >= 0.6 is 23.4 Å². The highest BCUT2D eigenvalue weighted by Crippen LogP contribution is 2.45. The molecule has 0 saturated carbocycles. The van der Waals surface area contributed by atoms with Crippen molar-refractivity contribution in [3.63, 3.8) is 0 Å². The number of benzene rings is 1. The molecule has 13 heteroatoms. The van der Waals surface area contributed by atoms with Gasteiger partial charge in [0, 0.05) is 37.6 Å². The summed E-state index contributed by atoms with van der Waals surface area (Å²) in [6, 6.07) is 7.95. The van der Waals surface area contributed by atoms with Crippen LogP contribution in [0.15, 0.2) is 64.1 Å². The molecule has 0 bridgehead atoms. The maximum absolute atomic E-state index is 12.7. The van der Waals surface area contributed by atoms with Crippen LogP contribution < -0.4 is 4.90 Å². The Bertz CT molecular complexity index is 1270. The number of anilines is 1. The Morgan fingerprint density at radius 3 is 2.30 bits per heavy atom. The number of thioether (sulfide) groups is 1. The van der Waals surface area contributed by atoms with Gasteiger partial charge in [-0.2, -0.15) is 8.42 Å². The number of likely N-dealkylation sites (N-methyl/N-ethyl adjacent to an activating group) is 2. The summed E-state index contributed by atoms with van der Waals surface area (Å²) >= 11 is 7.34. The van der Waals surface area contributed by atoms with Crippen molar-refractivity contribution in [1.29, 1.82) is 0 Å². The average molecular weight is 611 g/mol. The van der Waals surface area contributed by atoms with E-state index in [4.69, 9.17) is 16.2 Å². The zero-order valence-corrected chi connectivity index (χ0v) is 25.1. The fourth-order valence-electron chi connectivity index (χ4n) is 4.40. The molecule has 1 aromatic carbocycles. The largest absolute Gasteiger partial charge is 0.342 e. The average Bonchev–Trinajstić information content (AvgIpc) is 3.28. The first kappa shape index (κ1) is 31.7. The van der Waals surface area contributed by atoms with E-state index < -0.39 is 15.9 Å². The Labute approximate surface area is 245 Å². The van der Waals surface area contributed by atoms with Crippen LogP contribution in [-0.4, -0.2) is 96.4 Å². The number of nitrogens with zero attached hydrogens (tertiary/aromatic N) is 4. The van der Waals surface area contributed by atoms with Gasteiger partial charge in [-0.15, -0.1) is 11.6 Å². The summed E-state index contributed by atoms with van der Waals surface area (Å²) in [7, 11) is -4.10. The van der Waals surface area contributed by atoms with Gasteiger partial charge >= 0.3 is 0 Å². The van der Waals surface area contributed by atoms with Crippen LogP contribution in [0.25, 0.3) is 0 Å². The summed E-state index contributed by atoms with van der Waals surface area (Å²) < 4.78 is 31.1. The van der Waals surface area contributed by atoms with Gasteiger partial charge in [-0.25, -0.2) is 0 Å². The molecule has 1 fully saturated rings. The van der Waals surface area contributed by atoms with Crippen LogP contribution in [0.2, 0.25) is 0 Å². The summed E-state index contributed by atoms with van der Waals surface area (Å²) in [5, 5.41) is 0.948. The van der Waals surface area contributed by atoms with E-state index in [0.717, 1.165) is 15.6 Å². The molecule has 218 valence electrons. The summed E-state index contributed by atoms with van der Waals surface area (Å²) in [5.41, 5.74) is 1.17. The smallest absolute Gasteiger partial charge is 0.264 e. The zero-order valence-electron chi connectivity index (χ0n) is 22.7. The van der Waals surface area contributed by atoms with E-state index in [1.54, 1.807) is 39.8 Å². The number of hydrogen-bond donors (Lipinski definition) is 1. The Morgan fingerprint density at radius 1 is 1.05 bits per heavy atom. The van der Waals surface area contributed by atoms with Crippen molar-refractivity contribution in [3.05, 3.63) is 59.2 Å². The van der Waals surface area contributed by atoms with Crippen LogP contribution in [-0.2, 0) is 24.5 Å². The summed E-state index contributed by atoms with van der Waals surface area (Å²) in [4.78, 5) is 45.7. The lowest BCUT2D eigenvalue weighted by Gasteiger charge is -2.35. The van der Waals surface area contributed by atoms with Gasteiger partial charge < -0.3 is 19.6 Å². The molecule has 2 aliphatic rings. The Morgan fingerprint density at radius 2 is 1.68 bits per heavy atom. The molecule has 10 nitrogen and oxygen atoms in total. The second-order valence-electron chi connectivity index (χ2n) is 9.16. The van der Waals surface area contributed by atoms with E-state index in [1.165, 1.54) is 4.90 Å². The van der Waals surface area contributed by atoms with Crippen molar-refractivity contribution in [3.8, 4) is 0 Å². The number of para-hydroxylation sites is 1. The number of allylic oxidation sites excluding steroid dienone is 4. The number of fused-ring (bicyclic) bond motifs is 1. The molecular formula is C27H35ClN4O6S2. The molecule has 0 spiro atoms. The van der Waals surface area contributed by atoms with Gasteiger partial charge in [-0.1, -0.05) is 36.0 Å². The molecule has 0 aromatic heterocycles. The van der Waals surface area contributed by atoms with Gasteiger partial charge in [0.05, 0.1) is 23.1 Å². The first-order valence-corrected chi connectivity index (χ1v) is 16.1. The predicted molar refractivity (Wildman–Crippen MR) is 158 cm³/mol. The normalized spacial score (nSPS) is 16.9. The molecule has 40 heavy (non-hydrogen) atoms. The number of alkyl halides is 1. The molecule has 0 radical (unpaired) electrons. The van der Waals surface area contributed by atoms with Crippen LogP contribution in [0.4, 0.5) is 5.69 Å². The van der Waals surface area contributed by atoms with Gasteiger partial charge in [-0.05, 0) is 51.0 Å². The lowest BCUT2D eigenvalue weighted by atomic mass is 10.1. The first-order valence-electron chi connectivity index (χ1n) is 13.1. The second kappa shape index (κ2) is 14.7. The molecule has 0 aliphatic carbocycles. The third-order valence-corrected chi connectivity index (χ3v) is 8.66. The molecule has 0 unspecified atom stereocenters. The number of amides is 3. The zero-order chi connectivity index (χ0) is 29.3. The maximum atomic E-state index is 12.7. The minimum absolute atomic E-state index is 0.117. The number of carbonyl (C=O) groups is 3. The predicted octanol–water partition coefficient (Wildman–Crippen LogP) is 3.33. The summed E-state index contributed by atoms with van der Waals surface area (Å²) in [6.07, 6.45) is 7.69. The Hall–Kier alpha value is -2.80. The molecule has 3 amide bonds. The molecule has 3 rings (SSSR count). The quantitative estimate of drug-likeness (QED) is 0.156. The first-order chi connectivity index (χ1) is 19.1. The standard InChI is InChI=1S/C27H35ClN4O6S2/c1-3-29-20-30(4-2)27(35)21(26(29)34)11-5-8-14-25-32(22-12-6-7-13-23(22)39-25)17-9-15-31(24(33)19-28)16-10-18-40(36,37)38/h5-8,11-14H,3-4,9-10,15-20H2,1-2H3,(H,36,37,38)/b8-5+,25-14-. The van der Waals surface area contributed by atoms with Crippen molar-refractivity contribution in [2.24, 2.45) is 0 Å². The van der Waals surface area contributed by atoms with E-state index in [0.29, 0.717) is 39.3 Å². The Balaban J connectivity index is 1.71. The maximum Gasteiger partial charge on any atom is 0.264 e. The Kier molecular flexibility index (Phi) is 11.7. The topological polar surface area (TPSA) is 119 Å². The van der Waals surface area contributed by atoms with E-state index in [1.807, 2.05) is 44.2 Å². The monoisotopic (exact) mass is 610 g/mol. The van der Waals surface area contributed by atoms with Gasteiger partial charge in [0.1, 0.15) is 11.5 Å².